The number of fused-ring (bicyclic) bond motifs is 2. The summed E-state index contributed by atoms with van der Waals surface area (Å²) in [5, 5.41) is 9.61. The number of aromatic nitrogens is 2. The van der Waals surface area contributed by atoms with E-state index in [0.717, 1.165) is 24.0 Å². The first kappa shape index (κ1) is 28.0. The Morgan fingerprint density at radius 1 is 1.17 bits per heavy atom. The molecule has 2 aromatic heterocycles. The normalized spacial score (nSPS) is 24.2. The molecule has 41 heavy (non-hydrogen) atoms. The summed E-state index contributed by atoms with van der Waals surface area (Å²) < 4.78 is 40.0. The van der Waals surface area contributed by atoms with Crippen LogP contribution >= 0.6 is 18.9 Å². The second kappa shape index (κ2) is 10.6. The number of thiophene rings is 1. The standard InChI is InChI=1S/C26H28F2N5O6PS/c27-17-10-29-31-22(17)15-11-32(12-15)26(36)19-6-5-16-2-1-3-18(25(35)33(16)19)30-24(34)21-9-14-8-13(4-7-20(14)41-21)23(28)40(37,38)39/h4,7-10,15-16,18-19,23H,1-3,5-6,11-12H2,(H,29,31)(H,30,34)(H2,37,38,39)/t16-,18-,19-,23?/m0/s1. The third-order valence-electron chi connectivity index (χ3n) is 8.23. The molecule has 0 radical (unpaired) electrons. The molecule has 1 unspecified atom stereocenters. The number of rotatable bonds is 6. The molecular formula is C26H28F2N5O6PS. The number of alkyl halides is 1. The minimum atomic E-state index is -4.98. The van der Waals surface area contributed by atoms with Crippen molar-refractivity contribution < 1.29 is 37.5 Å². The van der Waals surface area contributed by atoms with E-state index in [0.29, 0.717) is 54.6 Å². The summed E-state index contributed by atoms with van der Waals surface area (Å²) in [6, 6.07) is 4.02. The number of H-pyrrole nitrogens is 1. The van der Waals surface area contributed by atoms with Gasteiger partial charge in [-0.1, -0.05) is 6.07 Å². The van der Waals surface area contributed by atoms with Gasteiger partial charge in [-0.2, -0.15) is 5.10 Å². The highest BCUT2D eigenvalue weighted by Crippen LogP contribution is 2.53. The van der Waals surface area contributed by atoms with Gasteiger partial charge in [0, 0.05) is 29.7 Å². The van der Waals surface area contributed by atoms with Crippen LogP contribution in [0.1, 0.15) is 64.9 Å². The number of aromatic amines is 1. The second-order valence-corrected chi connectivity index (χ2v) is 13.6. The highest BCUT2D eigenvalue weighted by Gasteiger charge is 2.48. The molecule has 0 bridgehead atoms. The fourth-order valence-electron chi connectivity index (χ4n) is 6.10. The summed E-state index contributed by atoms with van der Waals surface area (Å²) >= 11 is 1.12. The number of nitrogens with one attached hydrogen (secondary N) is 2. The van der Waals surface area contributed by atoms with Crippen molar-refractivity contribution >= 4 is 46.7 Å². The molecule has 0 aliphatic carbocycles. The Morgan fingerprint density at radius 2 is 1.95 bits per heavy atom. The maximum Gasteiger partial charge on any atom is 0.363 e. The van der Waals surface area contributed by atoms with Gasteiger partial charge >= 0.3 is 7.60 Å². The lowest BCUT2D eigenvalue weighted by atomic mass is 9.95. The van der Waals surface area contributed by atoms with Crippen LogP contribution in [0.15, 0.2) is 30.5 Å². The molecule has 3 aromatic rings. The molecule has 0 saturated carbocycles. The van der Waals surface area contributed by atoms with Crippen LogP contribution in [0.3, 0.4) is 0 Å². The van der Waals surface area contributed by atoms with Crippen molar-refractivity contribution in [3.05, 3.63) is 52.4 Å². The fourth-order valence-corrected chi connectivity index (χ4v) is 7.60. The van der Waals surface area contributed by atoms with Gasteiger partial charge in [-0.25, -0.2) is 8.78 Å². The van der Waals surface area contributed by atoms with Crippen molar-refractivity contribution in [1.82, 2.24) is 25.3 Å². The SMILES string of the molecule is O=C(N[C@H]1CCC[C@H]2CC[C@@H](C(=O)N3CC(c4[nH]ncc4F)C3)N2C1=O)c1cc2cc(C(F)P(=O)(O)O)ccc2s1. The predicted octanol–water partition coefficient (Wildman–Crippen LogP) is 3.18. The van der Waals surface area contributed by atoms with Crippen LogP contribution in [0.4, 0.5) is 8.78 Å². The molecule has 6 rings (SSSR count). The van der Waals surface area contributed by atoms with Crippen LogP contribution in [-0.2, 0) is 14.2 Å². The molecule has 0 spiro atoms. The maximum atomic E-state index is 14.2. The molecular weight excluding hydrogens is 579 g/mol. The molecule has 15 heteroatoms. The first-order valence-electron chi connectivity index (χ1n) is 13.3. The molecule has 3 fully saturated rings. The van der Waals surface area contributed by atoms with E-state index >= 15 is 0 Å². The largest absolute Gasteiger partial charge is 0.363 e. The van der Waals surface area contributed by atoms with Crippen LogP contribution in [-0.4, -0.2) is 78.7 Å². The Balaban J connectivity index is 1.14. The fraction of sp³-hybridized carbons (Fsp3) is 0.462. The van der Waals surface area contributed by atoms with Crippen molar-refractivity contribution in [1.29, 1.82) is 0 Å². The second-order valence-electron chi connectivity index (χ2n) is 10.9. The minimum Gasteiger partial charge on any atom is -0.340 e. The van der Waals surface area contributed by atoms with Gasteiger partial charge < -0.3 is 24.9 Å². The number of hydrogen-bond donors (Lipinski definition) is 4. The van der Waals surface area contributed by atoms with Crippen molar-refractivity contribution in [3.63, 3.8) is 0 Å². The van der Waals surface area contributed by atoms with Crippen molar-refractivity contribution in [3.8, 4) is 0 Å². The Labute approximate surface area is 237 Å². The zero-order valence-electron chi connectivity index (χ0n) is 21.7. The van der Waals surface area contributed by atoms with Gasteiger partial charge in [0.05, 0.1) is 16.8 Å². The van der Waals surface area contributed by atoms with Crippen LogP contribution in [0, 0.1) is 5.82 Å². The van der Waals surface area contributed by atoms with Gasteiger partial charge in [0.1, 0.15) is 12.1 Å². The van der Waals surface area contributed by atoms with Crippen LogP contribution in [0.5, 0.6) is 0 Å². The van der Waals surface area contributed by atoms with Gasteiger partial charge in [0.2, 0.25) is 17.7 Å². The average molecular weight is 608 g/mol. The molecule has 218 valence electrons. The molecule has 3 amide bonds. The maximum absolute atomic E-state index is 14.2. The number of benzene rings is 1. The topological polar surface area (TPSA) is 156 Å². The highest BCUT2D eigenvalue weighted by molar-refractivity contribution is 7.51. The Bertz CT molecular complexity index is 1570. The summed E-state index contributed by atoms with van der Waals surface area (Å²) in [5.74, 6) is -4.05. The lowest BCUT2D eigenvalue weighted by Gasteiger charge is -2.42. The van der Waals surface area contributed by atoms with Gasteiger partial charge in [-0.15, -0.1) is 11.3 Å². The third kappa shape index (κ3) is 5.18. The van der Waals surface area contributed by atoms with E-state index in [1.165, 1.54) is 24.3 Å². The summed E-state index contributed by atoms with van der Waals surface area (Å²) in [7, 11) is -4.98. The Hall–Kier alpha value is -3.19. The van der Waals surface area contributed by atoms with Crippen molar-refractivity contribution in [2.24, 2.45) is 0 Å². The van der Waals surface area contributed by atoms with E-state index in [9.17, 15) is 27.7 Å². The first-order chi connectivity index (χ1) is 19.5. The molecule has 3 aliphatic rings. The van der Waals surface area contributed by atoms with Gasteiger partial charge in [-0.3, -0.25) is 24.0 Å². The average Bonchev–Trinajstić information content (AvgIpc) is 3.61. The van der Waals surface area contributed by atoms with Gasteiger partial charge in [0.15, 0.2) is 5.82 Å². The summed E-state index contributed by atoms with van der Waals surface area (Å²) in [6.07, 6.45) is 4.16. The predicted molar refractivity (Wildman–Crippen MR) is 144 cm³/mol. The summed E-state index contributed by atoms with van der Waals surface area (Å²) in [6.45, 7) is 0.679. The number of halogens is 2. The zero-order valence-corrected chi connectivity index (χ0v) is 23.4. The number of amides is 3. The molecule has 4 atom stereocenters. The number of carbonyl (C=O) groups is 3. The summed E-state index contributed by atoms with van der Waals surface area (Å²) in [4.78, 5) is 62.1. The lowest BCUT2D eigenvalue weighted by Crippen LogP contribution is -2.58. The Kier molecular flexibility index (Phi) is 7.21. The van der Waals surface area contributed by atoms with E-state index < -0.39 is 37.3 Å². The number of carbonyl (C=O) groups excluding carboxylic acids is 3. The smallest absolute Gasteiger partial charge is 0.340 e. The molecule has 4 N–H and O–H groups in total. The Morgan fingerprint density at radius 3 is 2.66 bits per heavy atom. The molecule has 5 heterocycles. The molecule has 11 nitrogen and oxygen atoms in total. The van der Waals surface area contributed by atoms with E-state index in [2.05, 4.69) is 15.5 Å². The zero-order chi connectivity index (χ0) is 29.1. The number of nitrogens with zero attached hydrogens (tertiary/aromatic N) is 3. The highest BCUT2D eigenvalue weighted by atomic mass is 32.1. The lowest BCUT2D eigenvalue weighted by molar-refractivity contribution is -0.148. The van der Waals surface area contributed by atoms with E-state index in [1.807, 2.05) is 0 Å². The van der Waals surface area contributed by atoms with Gasteiger partial charge in [0.25, 0.3) is 5.91 Å². The molecule has 3 saturated heterocycles. The van der Waals surface area contributed by atoms with Gasteiger partial charge in [-0.05, 0) is 61.3 Å². The monoisotopic (exact) mass is 607 g/mol. The van der Waals surface area contributed by atoms with E-state index in [-0.39, 0.29) is 34.2 Å². The third-order valence-corrected chi connectivity index (χ3v) is 10.2. The first-order valence-corrected chi connectivity index (χ1v) is 15.8. The van der Waals surface area contributed by atoms with E-state index in [1.54, 1.807) is 9.80 Å². The number of likely N-dealkylation sites (tertiary alicyclic amines) is 1. The minimum absolute atomic E-state index is 0.0918. The number of hydrogen-bond acceptors (Lipinski definition) is 6. The van der Waals surface area contributed by atoms with Crippen molar-refractivity contribution in [2.45, 2.75) is 62.1 Å². The summed E-state index contributed by atoms with van der Waals surface area (Å²) in [5.41, 5.74) is 0.185. The van der Waals surface area contributed by atoms with Crippen LogP contribution < -0.4 is 5.32 Å². The van der Waals surface area contributed by atoms with E-state index in [4.69, 9.17) is 9.79 Å². The van der Waals surface area contributed by atoms with Crippen LogP contribution in [0.25, 0.3) is 10.1 Å². The molecule has 3 aliphatic heterocycles. The molecule has 1 aromatic carbocycles. The van der Waals surface area contributed by atoms with Crippen molar-refractivity contribution in [2.75, 3.05) is 13.1 Å². The quantitative estimate of drug-likeness (QED) is 0.314. The van der Waals surface area contributed by atoms with Crippen LogP contribution in [0.2, 0.25) is 0 Å².